The quantitative estimate of drug-likeness (QED) is 0.807. The van der Waals surface area contributed by atoms with E-state index in [1.54, 1.807) is 30.3 Å². The number of carbonyl (C=O) groups is 1. The number of hydrogen-bond acceptors (Lipinski definition) is 3. The van der Waals surface area contributed by atoms with Crippen LogP contribution in [0.5, 0.6) is 0 Å². The van der Waals surface area contributed by atoms with Gasteiger partial charge in [0.2, 0.25) is 0 Å². The summed E-state index contributed by atoms with van der Waals surface area (Å²) >= 11 is 6.48. The Labute approximate surface area is 126 Å². The largest absolute Gasteiger partial charge is 0.321 e. The van der Waals surface area contributed by atoms with Crippen molar-refractivity contribution in [1.29, 1.82) is 5.26 Å². The molecule has 0 atom stereocenters. The molecule has 2 aromatic rings. The predicted molar refractivity (Wildman–Crippen MR) is 78.7 cm³/mol. The first kappa shape index (κ1) is 13.7. The average Bonchev–Trinajstić information content (AvgIpc) is 2.40. The lowest BCUT2D eigenvalue weighted by Crippen LogP contribution is -2.13. The average molecular weight is 381 g/mol. The molecule has 0 radical (unpaired) electrons. The van der Waals surface area contributed by atoms with E-state index in [9.17, 15) is 4.79 Å². The predicted octanol–water partition coefficient (Wildman–Crippen LogP) is 3.73. The lowest BCUT2D eigenvalue weighted by molar-refractivity contribution is 0.102. The van der Waals surface area contributed by atoms with Gasteiger partial charge in [0.15, 0.2) is 0 Å². The number of halogens is 2. The number of rotatable bonds is 2. The zero-order valence-electron chi connectivity index (χ0n) is 9.52. The SMILES string of the molecule is N#Cc1cc(Br)ccc1NC(=O)c1ccnc(Br)c1. The van der Waals surface area contributed by atoms with E-state index in [1.807, 2.05) is 6.07 Å². The van der Waals surface area contributed by atoms with Crippen molar-refractivity contribution in [1.82, 2.24) is 4.98 Å². The van der Waals surface area contributed by atoms with Gasteiger partial charge in [-0.25, -0.2) is 4.98 Å². The maximum atomic E-state index is 12.0. The molecule has 0 aliphatic carbocycles. The van der Waals surface area contributed by atoms with Gasteiger partial charge >= 0.3 is 0 Å². The highest BCUT2D eigenvalue weighted by molar-refractivity contribution is 9.10. The van der Waals surface area contributed by atoms with Crippen molar-refractivity contribution >= 4 is 43.5 Å². The molecule has 1 amide bonds. The van der Waals surface area contributed by atoms with E-state index in [2.05, 4.69) is 42.2 Å². The molecule has 6 heteroatoms. The van der Waals surface area contributed by atoms with Crippen LogP contribution < -0.4 is 5.32 Å². The normalized spacial score (nSPS) is 9.74. The molecule has 0 unspecified atom stereocenters. The number of aromatic nitrogens is 1. The molecule has 0 spiro atoms. The molecule has 1 N–H and O–H groups in total. The fourth-order valence-corrected chi connectivity index (χ4v) is 2.18. The second-order valence-electron chi connectivity index (χ2n) is 3.62. The van der Waals surface area contributed by atoms with Gasteiger partial charge in [-0.05, 0) is 46.3 Å². The molecule has 0 bridgehead atoms. The van der Waals surface area contributed by atoms with Crippen LogP contribution in [0.15, 0.2) is 45.6 Å². The molecule has 0 aliphatic rings. The Bertz CT molecular complexity index is 680. The van der Waals surface area contributed by atoms with Gasteiger partial charge in [-0.3, -0.25) is 4.79 Å². The zero-order chi connectivity index (χ0) is 13.8. The second-order valence-corrected chi connectivity index (χ2v) is 5.35. The first-order valence-electron chi connectivity index (χ1n) is 5.22. The number of pyridine rings is 1. The summed E-state index contributed by atoms with van der Waals surface area (Å²) in [5, 5.41) is 11.7. The van der Waals surface area contributed by atoms with Gasteiger partial charge in [0.25, 0.3) is 5.91 Å². The lowest BCUT2D eigenvalue weighted by atomic mass is 10.2. The second kappa shape index (κ2) is 5.95. The number of nitrogens with zero attached hydrogens (tertiary/aromatic N) is 2. The Morgan fingerprint density at radius 2 is 2.05 bits per heavy atom. The number of anilines is 1. The number of nitriles is 1. The summed E-state index contributed by atoms with van der Waals surface area (Å²) in [6.07, 6.45) is 1.53. The van der Waals surface area contributed by atoms with Crippen LogP contribution in [0.3, 0.4) is 0 Å². The molecular formula is C13H7Br2N3O. The highest BCUT2D eigenvalue weighted by Gasteiger charge is 2.10. The summed E-state index contributed by atoms with van der Waals surface area (Å²) in [6, 6.07) is 10.3. The Morgan fingerprint density at radius 3 is 2.74 bits per heavy atom. The Kier molecular flexibility index (Phi) is 4.30. The third kappa shape index (κ3) is 3.40. The van der Waals surface area contributed by atoms with Gasteiger partial charge < -0.3 is 5.32 Å². The van der Waals surface area contributed by atoms with Crippen LogP contribution in [0.1, 0.15) is 15.9 Å². The summed E-state index contributed by atoms with van der Waals surface area (Å²) in [6.45, 7) is 0. The van der Waals surface area contributed by atoms with Gasteiger partial charge in [0.05, 0.1) is 11.3 Å². The minimum Gasteiger partial charge on any atom is -0.321 e. The standard InChI is InChI=1S/C13H7Br2N3O/c14-10-1-2-11(9(5-10)7-16)18-13(19)8-3-4-17-12(15)6-8/h1-6H,(H,18,19). The van der Waals surface area contributed by atoms with E-state index >= 15 is 0 Å². The van der Waals surface area contributed by atoms with Crippen molar-refractivity contribution < 1.29 is 4.79 Å². The van der Waals surface area contributed by atoms with Crippen molar-refractivity contribution in [2.75, 3.05) is 5.32 Å². The monoisotopic (exact) mass is 379 g/mol. The maximum Gasteiger partial charge on any atom is 0.255 e. The van der Waals surface area contributed by atoms with E-state index < -0.39 is 0 Å². The molecule has 0 saturated heterocycles. The zero-order valence-corrected chi connectivity index (χ0v) is 12.7. The van der Waals surface area contributed by atoms with Crippen LogP contribution in [0.25, 0.3) is 0 Å². The molecule has 0 saturated carbocycles. The summed E-state index contributed by atoms with van der Waals surface area (Å²) in [4.78, 5) is 16.0. The molecule has 2 rings (SSSR count). The van der Waals surface area contributed by atoms with E-state index in [-0.39, 0.29) is 5.91 Å². The maximum absolute atomic E-state index is 12.0. The number of benzene rings is 1. The molecule has 0 fully saturated rings. The van der Waals surface area contributed by atoms with Crippen molar-refractivity contribution in [3.05, 3.63) is 56.7 Å². The van der Waals surface area contributed by atoms with Crippen molar-refractivity contribution in [3.63, 3.8) is 0 Å². The molecule has 1 heterocycles. The summed E-state index contributed by atoms with van der Waals surface area (Å²) in [5.41, 5.74) is 1.34. The summed E-state index contributed by atoms with van der Waals surface area (Å²) in [7, 11) is 0. The van der Waals surface area contributed by atoms with Gasteiger partial charge in [0, 0.05) is 16.2 Å². The lowest BCUT2D eigenvalue weighted by Gasteiger charge is -2.07. The summed E-state index contributed by atoms with van der Waals surface area (Å²) < 4.78 is 1.37. The van der Waals surface area contributed by atoms with Gasteiger partial charge in [-0.1, -0.05) is 15.9 Å². The van der Waals surface area contributed by atoms with E-state index in [4.69, 9.17) is 5.26 Å². The van der Waals surface area contributed by atoms with E-state index in [0.717, 1.165) is 4.47 Å². The third-order valence-electron chi connectivity index (χ3n) is 2.34. The highest BCUT2D eigenvalue weighted by Crippen LogP contribution is 2.21. The van der Waals surface area contributed by atoms with E-state index in [0.29, 0.717) is 21.4 Å². The van der Waals surface area contributed by atoms with E-state index in [1.165, 1.54) is 6.20 Å². The Balaban J connectivity index is 2.27. The topological polar surface area (TPSA) is 65.8 Å². The van der Waals surface area contributed by atoms with Crippen molar-refractivity contribution in [2.24, 2.45) is 0 Å². The summed E-state index contributed by atoms with van der Waals surface area (Å²) in [5.74, 6) is -0.290. The van der Waals surface area contributed by atoms with Crippen LogP contribution >= 0.6 is 31.9 Å². The number of nitrogens with one attached hydrogen (secondary N) is 1. The smallest absolute Gasteiger partial charge is 0.255 e. The van der Waals surface area contributed by atoms with Crippen LogP contribution in [-0.4, -0.2) is 10.9 Å². The van der Waals surface area contributed by atoms with Gasteiger partial charge in [-0.15, -0.1) is 0 Å². The molecule has 0 aliphatic heterocycles. The number of carbonyl (C=O) groups excluding carboxylic acids is 1. The van der Waals surface area contributed by atoms with Crippen LogP contribution in [0.4, 0.5) is 5.69 Å². The Morgan fingerprint density at radius 1 is 1.26 bits per heavy atom. The number of amides is 1. The number of hydrogen-bond donors (Lipinski definition) is 1. The van der Waals surface area contributed by atoms with Crippen LogP contribution in [0.2, 0.25) is 0 Å². The van der Waals surface area contributed by atoms with Crippen molar-refractivity contribution in [2.45, 2.75) is 0 Å². The molecular weight excluding hydrogens is 374 g/mol. The fraction of sp³-hybridized carbons (Fsp3) is 0. The van der Waals surface area contributed by atoms with Crippen molar-refractivity contribution in [3.8, 4) is 6.07 Å². The molecule has 1 aromatic carbocycles. The molecule has 4 nitrogen and oxygen atoms in total. The van der Waals surface area contributed by atoms with Crippen LogP contribution in [0, 0.1) is 11.3 Å². The minimum absolute atomic E-state index is 0.290. The molecule has 94 valence electrons. The third-order valence-corrected chi connectivity index (χ3v) is 3.27. The first-order chi connectivity index (χ1) is 9.10. The minimum atomic E-state index is -0.290. The van der Waals surface area contributed by atoms with Gasteiger partial charge in [-0.2, -0.15) is 5.26 Å². The Hall–Kier alpha value is -1.71. The highest BCUT2D eigenvalue weighted by atomic mass is 79.9. The molecule has 1 aromatic heterocycles. The molecule has 19 heavy (non-hydrogen) atoms. The van der Waals surface area contributed by atoms with Gasteiger partial charge in [0.1, 0.15) is 10.7 Å². The first-order valence-corrected chi connectivity index (χ1v) is 6.81. The fourth-order valence-electron chi connectivity index (χ4n) is 1.46. The van der Waals surface area contributed by atoms with Crippen LogP contribution in [-0.2, 0) is 0 Å².